The highest BCUT2D eigenvalue weighted by atomic mass is 35.5. The molecule has 1 atom stereocenters. The van der Waals surface area contributed by atoms with E-state index in [-0.39, 0.29) is 5.38 Å². The number of rotatable bonds is 5. The molecule has 1 nitrogen and oxygen atoms in total. The summed E-state index contributed by atoms with van der Waals surface area (Å²) in [5.41, 5.74) is 1.21. The van der Waals surface area contributed by atoms with Crippen molar-refractivity contribution in [3.63, 3.8) is 0 Å². The average Bonchev–Trinajstić information content (AvgIpc) is 2.83. The van der Waals surface area contributed by atoms with E-state index in [1.807, 2.05) is 18.2 Å². The zero-order valence-corrected chi connectivity index (χ0v) is 10.4. The van der Waals surface area contributed by atoms with Crippen molar-refractivity contribution in [3.8, 4) is 0 Å². The number of benzene rings is 1. The highest BCUT2D eigenvalue weighted by molar-refractivity contribution is 6.21. The maximum atomic E-state index is 6.33. The lowest BCUT2D eigenvalue weighted by molar-refractivity contribution is 0.489. The molecule has 0 heterocycles. The van der Waals surface area contributed by atoms with Crippen LogP contribution in [0, 0.1) is 5.92 Å². The SMILES string of the molecule is ClC(CNCC1CCCC1)c1ccccc1. The van der Waals surface area contributed by atoms with Crippen molar-refractivity contribution in [2.75, 3.05) is 13.1 Å². The van der Waals surface area contributed by atoms with E-state index in [0.29, 0.717) is 0 Å². The fourth-order valence-electron chi connectivity index (χ4n) is 2.41. The van der Waals surface area contributed by atoms with Gasteiger partial charge in [0.05, 0.1) is 5.38 Å². The first-order chi connectivity index (χ1) is 7.86. The van der Waals surface area contributed by atoms with E-state index < -0.39 is 0 Å². The van der Waals surface area contributed by atoms with Crippen molar-refractivity contribution in [3.05, 3.63) is 35.9 Å². The Labute approximate surface area is 103 Å². The van der Waals surface area contributed by atoms with Crippen molar-refractivity contribution >= 4 is 11.6 Å². The molecule has 1 N–H and O–H groups in total. The molecule has 1 unspecified atom stereocenters. The molecule has 1 aliphatic carbocycles. The predicted octanol–water partition coefficient (Wildman–Crippen LogP) is 3.75. The molecule has 0 spiro atoms. The lowest BCUT2D eigenvalue weighted by Crippen LogP contribution is -2.24. The molecule has 2 heteroatoms. The van der Waals surface area contributed by atoms with Gasteiger partial charge in [-0.15, -0.1) is 11.6 Å². The molecule has 1 aromatic carbocycles. The molecule has 1 saturated carbocycles. The van der Waals surface area contributed by atoms with Crippen LogP contribution in [0.25, 0.3) is 0 Å². The first-order valence-electron chi connectivity index (χ1n) is 6.26. The molecular weight excluding hydrogens is 218 g/mol. The third-order valence-electron chi connectivity index (χ3n) is 3.39. The summed E-state index contributed by atoms with van der Waals surface area (Å²) in [7, 11) is 0. The maximum Gasteiger partial charge on any atom is 0.0709 e. The molecule has 0 bridgehead atoms. The minimum absolute atomic E-state index is 0.0996. The summed E-state index contributed by atoms with van der Waals surface area (Å²) >= 11 is 6.33. The Morgan fingerprint density at radius 1 is 1.19 bits per heavy atom. The van der Waals surface area contributed by atoms with E-state index in [2.05, 4.69) is 17.4 Å². The van der Waals surface area contributed by atoms with Gasteiger partial charge >= 0.3 is 0 Å². The average molecular weight is 238 g/mol. The van der Waals surface area contributed by atoms with Gasteiger partial charge in [-0.25, -0.2) is 0 Å². The van der Waals surface area contributed by atoms with E-state index in [9.17, 15) is 0 Å². The largest absolute Gasteiger partial charge is 0.315 e. The van der Waals surface area contributed by atoms with Gasteiger partial charge in [0.15, 0.2) is 0 Å². The normalized spacial score (nSPS) is 18.8. The van der Waals surface area contributed by atoms with Crippen LogP contribution in [0.3, 0.4) is 0 Å². The van der Waals surface area contributed by atoms with Gasteiger partial charge in [-0.3, -0.25) is 0 Å². The second kappa shape index (κ2) is 6.27. The Hall–Kier alpha value is -0.530. The molecule has 2 rings (SSSR count). The predicted molar refractivity (Wildman–Crippen MR) is 69.9 cm³/mol. The van der Waals surface area contributed by atoms with Crippen LogP contribution >= 0.6 is 11.6 Å². The topological polar surface area (TPSA) is 12.0 Å². The second-order valence-electron chi connectivity index (χ2n) is 4.69. The Morgan fingerprint density at radius 2 is 1.88 bits per heavy atom. The smallest absolute Gasteiger partial charge is 0.0709 e. The van der Waals surface area contributed by atoms with E-state index >= 15 is 0 Å². The maximum absolute atomic E-state index is 6.33. The van der Waals surface area contributed by atoms with Crippen LogP contribution in [0.2, 0.25) is 0 Å². The van der Waals surface area contributed by atoms with E-state index in [1.165, 1.54) is 31.2 Å². The van der Waals surface area contributed by atoms with Crippen LogP contribution in [-0.4, -0.2) is 13.1 Å². The van der Waals surface area contributed by atoms with Gasteiger partial charge in [0.2, 0.25) is 0 Å². The summed E-state index contributed by atoms with van der Waals surface area (Å²) in [4.78, 5) is 0. The Bertz CT molecular complexity index is 293. The van der Waals surface area contributed by atoms with Crippen LogP contribution in [0.4, 0.5) is 0 Å². The lowest BCUT2D eigenvalue weighted by Gasteiger charge is -2.14. The quantitative estimate of drug-likeness (QED) is 0.770. The molecule has 0 radical (unpaired) electrons. The highest BCUT2D eigenvalue weighted by Gasteiger charge is 2.15. The second-order valence-corrected chi connectivity index (χ2v) is 5.21. The Balaban J connectivity index is 1.69. The van der Waals surface area contributed by atoms with Crippen LogP contribution in [0.5, 0.6) is 0 Å². The van der Waals surface area contributed by atoms with Gasteiger partial charge in [-0.1, -0.05) is 43.2 Å². The molecule has 1 aromatic rings. The number of hydrogen-bond acceptors (Lipinski definition) is 1. The van der Waals surface area contributed by atoms with E-state index in [1.54, 1.807) is 0 Å². The summed E-state index contributed by atoms with van der Waals surface area (Å²) in [5, 5.41) is 3.59. The zero-order valence-electron chi connectivity index (χ0n) is 9.66. The number of halogens is 1. The minimum Gasteiger partial charge on any atom is -0.315 e. The van der Waals surface area contributed by atoms with Crippen LogP contribution in [-0.2, 0) is 0 Å². The summed E-state index contributed by atoms with van der Waals surface area (Å²) < 4.78 is 0. The molecule has 0 amide bonds. The highest BCUT2D eigenvalue weighted by Crippen LogP contribution is 2.24. The van der Waals surface area contributed by atoms with Crippen molar-refractivity contribution in [2.45, 2.75) is 31.1 Å². The summed E-state index contributed by atoms with van der Waals surface area (Å²) in [5.74, 6) is 0.889. The molecule has 88 valence electrons. The Kier molecular flexibility index (Phi) is 4.68. The minimum atomic E-state index is 0.0996. The van der Waals surface area contributed by atoms with Crippen LogP contribution < -0.4 is 5.32 Å². The molecule has 16 heavy (non-hydrogen) atoms. The van der Waals surface area contributed by atoms with Gasteiger partial charge in [0.25, 0.3) is 0 Å². The Morgan fingerprint density at radius 3 is 2.56 bits per heavy atom. The summed E-state index contributed by atoms with van der Waals surface area (Å²) in [6, 6.07) is 10.3. The fraction of sp³-hybridized carbons (Fsp3) is 0.571. The monoisotopic (exact) mass is 237 g/mol. The molecule has 0 saturated heterocycles. The molecule has 0 aromatic heterocycles. The zero-order chi connectivity index (χ0) is 11.2. The van der Waals surface area contributed by atoms with Crippen molar-refractivity contribution in [1.29, 1.82) is 0 Å². The molecule has 1 fully saturated rings. The van der Waals surface area contributed by atoms with Gasteiger partial charge < -0.3 is 5.32 Å². The van der Waals surface area contributed by atoms with Crippen molar-refractivity contribution in [1.82, 2.24) is 5.32 Å². The van der Waals surface area contributed by atoms with Crippen LogP contribution in [0.1, 0.15) is 36.6 Å². The van der Waals surface area contributed by atoms with Gasteiger partial charge in [0, 0.05) is 6.54 Å². The van der Waals surface area contributed by atoms with Crippen molar-refractivity contribution in [2.24, 2.45) is 5.92 Å². The summed E-state index contributed by atoms with van der Waals surface area (Å²) in [6.07, 6.45) is 5.61. The van der Waals surface area contributed by atoms with Gasteiger partial charge in [-0.05, 0) is 30.9 Å². The van der Waals surface area contributed by atoms with E-state index in [0.717, 1.165) is 19.0 Å². The third-order valence-corrected chi connectivity index (χ3v) is 3.80. The first kappa shape index (κ1) is 11.9. The fourth-order valence-corrected chi connectivity index (χ4v) is 2.66. The van der Waals surface area contributed by atoms with Crippen LogP contribution in [0.15, 0.2) is 30.3 Å². The molecule has 0 aliphatic heterocycles. The third kappa shape index (κ3) is 3.50. The summed E-state index contributed by atoms with van der Waals surface area (Å²) in [6.45, 7) is 2.01. The van der Waals surface area contributed by atoms with Crippen molar-refractivity contribution < 1.29 is 0 Å². The number of hydrogen-bond donors (Lipinski definition) is 1. The number of nitrogens with one attached hydrogen (secondary N) is 1. The van der Waals surface area contributed by atoms with Gasteiger partial charge in [0.1, 0.15) is 0 Å². The molecular formula is C14H20ClN. The molecule has 1 aliphatic rings. The number of alkyl halides is 1. The van der Waals surface area contributed by atoms with E-state index in [4.69, 9.17) is 11.6 Å². The van der Waals surface area contributed by atoms with Gasteiger partial charge in [-0.2, -0.15) is 0 Å². The first-order valence-corrected chi connectivity index (χ1v) is 6.69. The standard InChI is InChI=1S/C14H20ClN/c15-14(13-8-2-1-3-9-13)11-16-10-12-6-4-5-7-12/h1-3,8-9,12,14,16H,4-7,10-11H2. The lowest BCUT2D eigenvalue weighted by atomic mass is 10.1.